The zero-order valence-corrected chi connectivity index (χ0v) is 16.9. The van der Waals surface area contributed by atoms with E-state index in [-0.39, 0.29) is 11.3 Å². The number of ether oxygens (including phenoxy) is 1. The van der Waals surface area contributed by atoms with Crippen molar-refractivity contribution in [1.29, 1.82) is 0 Å². The van der Waals surface area contributed by atoms with Crippen LogP contribution in [-0.4, -0.2) is 13.0 Å². The molecule has 0 heterocycles. The Morgan fingerprint density at radius 2 is 1.52 bits per heavy atom. The second-order valence-corrected chi connectivity index (χ2v) is 7.76. The van der Waals surface area contributed by atoms with Crippen LogP contribution in [0, 0.1) is 0 Å². The van der Waals surface area contributed by atoms with Gasteiger partial charge in [0.1, 0.15) is 11.1 Å². The van der Waals surface area contributed by atoms with E-state index in [1.807, 2.05) is 72.8 Å². The van der Waals surface area contributed by atoms with Crippen LogP contribution in [0.5, 0.6) is 5.75 Å². The van der Waals surface area contributed by atoms with Crippen molar-refractivity contribution in [1.82, 2.24) is 5.32 Å². The molecule has 4 aromatic carbocycles. The van der Waals surface area contributed by atoms with Crippen LogP contribution in [0.3, 0.4) is 0 Å². The number of fused-ring (bicyclic) bond motifs is 1. The number of hydrogen-bond donors (Lipinski definition) is 1. The molecule has 0 aliphatic rings. The van der Waals surface area contributed by atoms with Gasteiger partial charge in [0.2, 0.25) is 0 Å². The van der Waals surface area contributed by atoms with E-state index in [9.17, 15) is 4.79 Å². The van der Waals surface area contributed by atoms with Gasteiger partial charge in [0.15, 0.2) is 0 Å². The number of amides is 1. The van der Waals surface area contributed by atoms with Gasteiger partial charge >= 0.3 is 0 Å². The lowest BCUT2D eigenvalue weighted by Crippen LogP contribution is -2.26. The van der Waals surface area contributed by atoms with Gasteiger partial charge in [-0.3, -0.25) is 4.79 Å². The Morgan fingerprint density at radius 3 is 2.28 bits per heavy atom. The van der Waals surface area contributed by atoms with Gasteiger partial charge in [-0.2, -0.15) is 0 Å². The highest BCUT2D eigenvalue weighted by molar-refractivity contribution is 7.99. The molecule has 29 heavy (non-hydrogen) atoms. The molecule has 1 amide bonds. The average Bonchev–Trinajstić information content (AvgIpc) is 2.79. The summed E-state index contributed by atoms with van der Waals surface area (Å²) in [6, 6.07) is 31.6. The first-order chi connectivity index (χ1) is 14.2. The quantitative estimate of drug-likeness (QED) is 0.316. The van der Waals surface area contributed by atoms with Crippen LogP contribution >= 0.6 is 11.8 Å². The van der Waals surface area contributed by atoms with Gasteiger partial charge in [0.05, 0.1) is 7.11 Å². The predicted octanol–water partition coefficient (Wildman–Crippen LogP) is 6.07. The summed E-state index contributed by atoms with van der Waals surface area (Å²) in [5.74, 6) is 0.717. The van der Waals surface area contributed by atoms with E-state index in [1.54, 1.807) is 18.9 Å². The topological polar surface area (TPSA) is 38.3 Å². The van der Waals surface area contributed by atoms with Gasteiger partial charge in [-0.25, -0.2) is 0 Å². The number of carbonyl (C=O) groups excluding carboxylic acids is 1. The number of benzene rings is 4. The molecule has 4 aromatic rings. The van der Waals surface area contributed by atoms with E-state index in [1.165, 1.54) is 0 Å². The maximum absolute atomic E-state index is 12.9. The lowest BCUT2D eigenvalue weighted by Gasteiger charge is -2.21. The number of thioether (sulfide) groups is 1. The van der Waals surface area contributed by atoms with E-state index in [4.69, 9.17) is 4.74 Å². The second-order valence-electron chi connectivity index (χ2n) is 6.58. The summed E-state index contributed by atoms with van der Waals surface area (Å²) in [7, 11) is 1.65. The van der Waals surface area contributed by atoms with Gasteiger partial charge in [0, 0.05) is 10.5 Å². The molecule has 144 valence electrons. The fourth-order valence-electron chi connectivity index (χ4n) is 3.23. The summed E-state index contributed by atoms with van der Waals surface area (Å²) in [4.78, 5) is 14.0. The molecule has 1 unspecified atom stereocenters. The lowest BCUT2D eigenvalue weighted by atomic mass is 10.0. The third-order valence-corrected chi connectivity index (χ3v) is 5.87. The zero-order chi connectivity index (χ0) is 20.1. The highest BCUT2D eigenvalue weighted by Crippen LogP contribution is 2.37. The molecule has 0 fully saturated rings. The molecule has 1 atom stereocenters. The molecule has 0 spiro atoms. The monoisotopic (exact) mass is 399 g/mol. The minimum Gasteiger partial charge on any atom is -0.497 e. The number of rotatable bonds is 6. The smallest absolute Gasteiger partial charge is 0.252 e. The first kappa shape index (κ1) is 19.1. The summed E-state index contributed by atoms with van der Waals surface area (Å²) < 4.78 is 5.26. The van der Waals surface area contributed by atoms with Crippen molar-refractivity contribution in [3.05, 3.63) is 108 Å². The molecule has 0 aliphatic carbocycles. The van der Waals surface area contributed by atoms with Gasteiger partial charge in [0.25, 0.3) is 5.91 Å². The van der Waals surface area contributed by atoms with Crippen LogP contribution in [-0.2, 0) is 0 Å². The Labute approximate surface area is 174 Å². The number of carbonyl (C=O) groups is 1. The number of hydrogen-bond acceptors (Lipinski definition) is 3. The Bertz CT molecular complexity index is 1110. The Morgan fingerprint density at radius 1 is 0.828 bits per heavy atom. The van der Waals surface area contributed by atoms with Crippen LogP contribution in [0.2, 0.25) is 0 Å². The first-order valence-electron chi connectivity index (χ1n) is 9.39. The maximum Gasteiger partial charge on any atom is 0.252 e. The molecular formula is C25H21NO2S. The van der Waals surface area contributed by atoms with Crippen LogP contribution in [0.1, 0.15) is 21.3 Å². The first-order valence-corrected chi connectivity index (χ1v) is 10.3. The molecule has 0 saturated heterocycles. The molecule has 0 saturated carbocycles. The van der Waals surface area contributed by atoms with Crippen LogP contribution < -0.4 is 10.1 Å². The minimum atomic E-state index is -0.234. The molecule has 4 heteroatoms. The van der Waals surface area contributed by atoms with Crippen molar-refractivity contribution in [2.45, 2.75) is 10.3 Å². The molecular weight excluding hydrogens is 378 g/mol. The van der Waals surface area contributed by atoms with E-state index >= 15 is 0 Å². The third-order valence-electron chi connectivity index (χ3n) is 4.72. The summed E-state index contributed by atoms with van der Waals surface area (Å²) in [5, 5.41) is 5.26. The minimum absolute atomic E-state index is 0.0930. The van der Waals surface area contributed by atoms with Gasteiger partial charge < -0.3 is 10.1 Å². The average molecular weight is 400 g/mol. The Balaban J connectivity index is 1.70. The fraction of sp³-hybridized carbons (Fsp3) is 0.0800. The molecule has 0 bridgehead atoms. The summed E-state index contributed by atoms with van der Waals surface area (Å²) in [6.07, 6.45) is 0. The second kappa shape index (κ2) is 8.84. The largest absolute Gasteiger partial charge is 0.497 e. The lowest BCUT2D eigenvalue weighted by molar-refractivity contribution is 0.0950. The van der Waals surface area contributed by atoms with E-state index < -0.39 is 0 Å². The fourth-order valence-corrected chi connectivity index (χ4v) is 4.30. The number of nitrogens with one attached hydrogen (secondary N) is 1. The molecule has 1 N–H and O–H groups in total. The van der Waals surface area contributed by atoms with Crippen molar-refractivity contribution in [2.24, 2.45) is 0 Å². The van der Waals surface area contributed by atoms with Crippen LogP contribution in [0.15, 0.2) is 102 Å². The SMILES string of the molecule is COc1ccc(SC(NC(=O)c2ccccc2)c2cccc3ccccc23)cc1. The van der Waals surface area contributed by atoms with E-state index in [0.29, 0.717) is 5.56 Å². The predicted molar refractivity (Wildman–Crippen MR) is 119 cm³/mol. The Hall–Kier alpha value is -3.24. The number of methoxy groups -OCH3 is 1. The summed E-state index contributed by atoms with van der Waals surface area (Å²) in [5.41, 5.74) is 1.72. The highest BCUT2D eigenvalue weighted by Gasteiger charge is 2.19. The Kier molecular flexibility index (Phi) is 5.82. The summed E-state index contributed by atoms with van der Waals surface area (Å²) >= 11 is 1.61. The summed E-state index contributed by atoms with van der Waals surface area (Å²) in [6.45, 7) is 0. The third kappa shape index (κ3) is 4.44. The van der Waals surface area contributed by atoms with Crippen LogP contribution in [0.4, 0.5) is 0 Å². The van der Waals surface area contributed by atoms with E-state index in [2.05, 4.69) is 29.6 Å². The van der Waals surface area contributed by atoms with Crippen molar-refractivity contribution in [3.63, 3.8) is 0 Å². The van der Waals surface area contributed by atoms with E-state index in [0.717, 1.165) is 27.0 Å². The molecule has 0 aliphatic heterocycles. The maximum atomic E-state index is 12.9. The van der Waals surface area contributed by atoms with Crippen molar-refractivity contribution < 1.29 is 9.53 Å². The van der Waals surface area contributed by atoms with Crippen LogP contribution in [0.25, 0.3) is 10.8 Å². The van der Waals surface area contributed by atoms with Crippen molar-refractivity contribution in [3.8, 4) is 5.75 Å². The molecule has 0 radical (unpaired) electrons. The van der Waals surface area contributed by atoms with Gasteiger partial charge in [-0.1, -0.05) is 72.4 Å². The van der Waals surface area contributed by atoms with Gasteiger partial charge in [-0.05, 0) is 52.7 Å². The molecule has 4 rings (SSSR count). The molecule has 0 aromatic heterocycles. The van der Waals surface area contributed by atoms with Gasteiger partial charge in [-0.15, -0.1) is 0 Å². The highest BCUT2D eigenvalue weighted by atomic mass is 32.2. The van der Waals surface area contributed by atoms with Crippen molar-refractivity contribution in [2.75, 3.05) is 7.11 Å². The molecule has 3 nitrogen and oxygen atoms in total. The zero-order valence-electron chi connectivity index (χ0n) is 16.0. The normalized spacial score (nSPS) is 11.8. The van der Waals surface area contributed by atoms with Crippen molar-refractivity contribution >= 4 is 28.4 Å². The standard InChI is InChI=1S/C25H21NO2S/c1-28-20-14-16-21(17-15-20)29-25(26-24(27)19-9-3-2-4-10-19)23-13-7-11-18-8-5-6-12-22(18)23/h2-17,25H,1H3,(H,26,27).